The van der Waals surface area contributed by atoms with E-state index in [-0.39, 0.29) is 0 Å². The summed E-state index contributed by atoms with van der Waals surface area (Å²) in [7, 11) is 0. The molecule has 0 aliphatic heterocycles. The zero-order valence-electron chi connectivity index (χ0n) is 9.85. The lowest BCUT2D eigenvalue weighted by atomic mass is 10.0. The van der Waals surface area contributed by atoms with Crippen LogP contribution in [-0.2, 0) is 6.42 Å². The molecule has 0 radical (unpaired) electrons. The second-order valence-electron chi connectivity index (χ2n) is 5.66. The van der Waals surface area contributed by atoms with Gasteiger partial charge in [0.15, 0.2) is 4.96 Å². The van der Waals surface area contributed by atoms with E-state index in [9.17, 15) is 0 Å². The van der Waals surface area contributed by atoms with Crippen LogP contribution in [0.15, 0.2) is 17.8 Å². The van der Waals surface area contributed by atoms with Crippen molar-refractivity contribution in [3.05, 3.63) is 23.5 Å². The lowest BCUT2D eigenvalue weighted by Gasteiger charge is -2.14. The SMILES string of the molecule is c1cn2cc(CC3(CNC4CC4)CC3)nc2s1. The van der Waals surface area contributed by atoms with Crippen LogP contribution in [0.25, 0.3) is 4.96 Å². The fraction of sp³-hybridized carbons (Fsp3) is 0.615. The molecule has 0 unspecified atom stereocenters. The fourth-order valence-corrected chi connectivity index (χ4v) is 3.21. The van der Waals surface area contributed by atoms with Crippen molar-refractivity contribution in [2.75, 3.05) is 6.54 Å². The highest BCUT2D eigenvalue weighted by atomic mass is 32.1. The molecule has 2 aromatic heterocycles. The third kappa shape index (κ3) is 2.00. The van der Waals surface area contributed by atoms with Crippen LogP contribution in [0.3, 0.4) is 0 Å². The minimum Gasteiger partial charge on any atom is -0.313 e. The van der Waals surface area contributed by atoms with E-state index in [0.29, 0.717) is 5.41 Å². The molecule has 17 heavy (non-hydrogen) atoms. The van der Waals surface area contributed by atoms with E-state index in [4.69, 9.17) is 4.98 Å². The molecule has 2 saturated carbocycles. The molecule has 0 spiro atoms. The zero-order valence-corrected chi connectivity index (χ0v) is 10.7. The summed E-state index contributed by atoms with van der Waals surface area (Å²) < 4.78 is 2.14. The molecule has 90 valence electrons. The smallest absolute Gasteiger partial charge is 0.193 e. The standard InChI is InChI=1S/C13H17N3S/c1-2-10(1)14-9-13(3-4-13)7-11-8-16-5-6-17-12(16)15-11/h5-6,8,10,14H,1-4,7,9H2. The van der Waals surface area contributed by atoms with Crippen molar-refractivity contribution in [1.82, 2.24) is 14.7 Å². The van der Waals surface area contributed by atoms with E-state index < -0.39 is 0 Å². The van der Waals surface area contributed by atoms with Gasteiger partial charge in [-0.3, -0.25) is 4.40 Å². The Labute approximate surface area is 105 Å². The molecule has 2 fully saturated rings. The molecule has 2 aliphatic carbocycles. The molecule has 2 aromatic rings. The van der Waals surface area contributed by atoms with Crippen molar-refractivity contribution >= 4 is 16.3 Å². The summed E-state index contributed by atoms with van der Waals surface area (Å²) >= 11 is 1.72. The molecule has 2 aliphatic rings. The van der Waals surface area contributed by atoms with Crippen LogP contribution in [0.2, 0.25) is 0 Å². The molecule has 0 atom stereocenters. The van der Waals surface area contributed by atoms with Gasteiger partial charge in [-0.15, -0.1) is 11.3 Å². The summed E-state index contributed by atoms with van der Waals surface area (Å²) in [5.41, 5.74) is 1.80. The van der Waals surface area contributed by atoms with Gasteiger partial charge in [-0.05, 0) is 37.5 Å². The van der Waals surface area contributed by atoms with E-state index in [1.54, 1.807) is 11.3 Å². The van der Waals surface area contributed by atoms with Crippen molar-refractivity contribution < 1.29 is 0 Å². The third-order valence-electron chi connectivity index (χ3n) is 4.00. The number of nitrogens with one attached hydrogen (secondary N) is 1. The summed E-state index contributed by atoms with van der Waals surface area (Å²) in [6.07, 6.45) is 11.0. The van der Waals surface area contributed by atoms with Gasteiger partial charge in [-0.2, -0.15) is 0 Å². The number of hydrogen-bond acceptors (Lipinski definition) is 3. The predicted octanol–water partition coefficient (Wildman–Crippen LogP) is 2.47. The normalized spacial score (nSPS) is 22.1. The molecule has 1 N–H and O–H groups in total. The van der Waals surface area contributed by atoms with Gasteiger partial charge in [-0.25, -0.2) is 4.98 Å². The Bertz CT molecular complexity index is 505. The van der Waals surface area contributed by atoms with Crippen LogP contribution < -0.4 is 5.32 Å². The van der Waals surface area contributed by atoms with E-state index >= 15 is 0 Å². The first kappa shape index (κ1) is 10.1. The molecule has 3 nitrogen and oxygen atoms in total. The van der Waals surface area contributed by atoms with Crippen molar-refractivity contribution in [1.29, 1.82) is 0 Å². The number of fused-ring (bicyclic) bond motifs is 1. The summed E-state index contributed by atoms with van der Waals surface area (Å²) in [6, 6.07) is 0.831. The average Bonchev–Trinajstić information content (AvgIpc) is 3.17. The molecule has 2 heterocycles. The highest BCUT2D eigenvalue weighted by molar-refractivity contribution is 7.15. The van der Waals surface area contributed by atoms with Gasteiger partial charge < -0.3 is 5.32 Å². The third-order valence-corrected chi connectivity index (χ3v) is 4.77. The van der Waals surface area contributed by atoms with E-state index in [2.05, 4.69) is 27.5 Å². The lowest BCUT2D eigenvalue weighted by Crippen LogP contribution is -2.27. The predicted molar refractivity (Wildman–Crippen MR) is 69.5 cm³/mol. The quantitative estimate of drug-likeness (QED) is 0.879. The minimum atomic E-state index is 0.534. The monoisotopic (exact) mass is 247 g/mol. The van der Waals surface area contributed by atoms with Crippen molar-refractivity contribution in [2.24, 2.45) is 5.41 Å². The second-order valence-corrected chi connectivity index (χ2v) is 6.53. The first-order chi connectivity index (χ1) is 8.33. The summed E-state index contributed by atoms with van der Waals surface area (Å²) in [5.74, 6) is 0. The van der Waals surface area contributed by atoms with Crippen molar-refractivity contribution in [3.63, 3.8) is 0 Å². The molecular formula is C13H17N3S. The summed E-state index contributed by atoms with van der Waals surface area (Å²) in [5, 5.41) is 5.77. The Morgan fingerprint density at radius 3 is 3.06 bits per heavy atom. The molecule has 0 aromatic carbocycles. The zero-order chi connectivity index (χ0) is 11.3. The van der Waals surface area contributed by atoms with Crippen molar-refractivity contribution in [2.45, 2.75) is 38.1 Å². The second kappa shape index (κ2) is 3.56. The minimum absolute atomic E-state index is 0.534. The molecule has 4 rings (SSSR count). The van der Waals surface area contributed by atoms with E-state index in [1.807, 2.05) is 0 Å². The van der Waals surface area contributed by atoms with Crippen LogP contribution in [0.5, 0.6) is 0 Å². The topological polar surface area (TPSA) is 29.3 Å². The number of thiazole rings is 1. The van der Waals surface area contributed by atoms with Gasteiger partial charge in [0.25, 0.3) is 0 Å². The van der Waals surface area contributed by atoms with Gasteiger partial charge in [0.05, 0.1) is 5.69 Å². The van der Waals surface area contributed by atoms with Gasteiger partial charge in [0.1, 0.15) is 0 Å². The number of aromatic nitrogens is 2. The maximum absolute atomic E-state index is 4.69. The van der Waals surface area contributed by atoms with Gasteiger partial charge >= 0.3 is 0 Å². The maximum Gasteiger partial charge on any atom is 0.193 e. The van der Waals surface area contributed by atoms with Gasteiger partial charge in [-0.1, -0.05) is 0 Å². The average molecular weight is 247 g/mol. The Kier molecular flexibility index (Phi) is 2.11. The molecule has 0 amide bonds. The van der Waals surface area contributed by atoms with Crippen molar-refractivity contribution in [3.8, 4) is 0 Å². The van der Waals surface area contributed by atoms with Crippen LogP contribution in [0.4, 0.5) is 0 Å². The number of rotatable bonds is 5. The van der Waals surface area contributed by atoms with Crippen LogP contribution in [0, 0.1) is 5.41 Å². The van der Waals surface area contributed by atoms with E-state index in [0.717, 1.165) is 17.4 Å². The lowest BCUT2D eigenvalue weighted by molar-refractivity contribution is 0.450. The van der Waals surface area contributed by atoms with Crippen LogP contribution >= 0.6 is 11.3 Å². The molecular weight excluding hydrogens is 230 g/mol. The van der Waals surface area contributed by atoms with Gasteiger partial charge in [0, 0.05) is 30.4 Å². The summed E-state index contributed by atoms with van der Waals surface area (Å²) in [6.45, 7) is 1.20. The van der Waals surface area contributed by atoms with E-state index in [1.165, 1.54) is 37.9 Å². The Hall–Kier alpha value is -0.870. The number of imidazole rings is 1. The first-order valence-corrected chi connectivity index (χ1v) is 7.36. The Morgan fingerprint density at radius 1 is 1.47 bits per heavy atom. The van der Waals surface area contributed by atoms with Crippen LogP contribution in [0.1, 0.15) is 31.4 Å². The van der Waals surface area contributed by atoms with Crippen LogP contribution in [-0.4, -0.2) is 22.0 Å². The van der Waals surface area contributed by atoms with Gasteiger partial charge in [0.2, 0.25) is 0 Å². The first-order valence-electron chi connectivity index (χ1n) is 6.48. The molecule has 0 bridgehead atoms. The fourth-order valence-electron chi connectivity index (χ4n) is 2.49. The Morgan fingerprint density at radius 2 is 2.35 bits per heavy atom. The maximum atomic E-state index is 4.69. The highest BCUT2D eigenvalue weighted by Crippen LogP contribution is 2.48. The highest BCUT2D eigenvalue weighted by Gasteiger charge is 2.43. The number of nitrogens with zero attached hydrogens (tertiary/aromatic N) is 2. The number of hydrogen-bond donors (Lipinski definition) is 1. The molecule has 0 saturated heterocycles. The molecule has 4 heteroatoms. The largest absolute Gasteiger partial charge is 0.313 e. The summed E-state index contributed by atoms with van der Waals surface area (Å²) in [4.78, 5) is 5.82. The Balaban J connectivity index is 1.46.